The number of ether oxygens (including phenoxy) is 1. The molecule has 1 aromatic carbocycles. The van der Waals surface area contributed by atoms with Crippen LogP contribution in [0.2, 0.25) is 0 Å². The summed E-state index contributed by atoms with van der Waals surface area (Å²) in [6.45, 7) is -0.0631. The molecule has 0 saturated carbocycles. The number of carbonyl (C=O) groups is 1. The molecular formula is C17H15NO4S3. The number of thiophene rings is 2. The first-order valence-electron chi connectivity index (χ1n) is 7.39. The number of rotatable bonds is 6. The number of benzene rings is 1. The number of amides is 1. The summed E-state index contributed by atoms with van der Waals surface area (Å²) in [4.78, 5) is 12.7. The Labute approximate surface area is 153 Å². The van der Waals surface area contributed by atoms with E-state index >= 15 is 0 Å². The van der Waals surface area contributed by atoms with Crippen LogP contribution in [0.25, 0.3) is 0 Å². The maximum Gasteiger partial charge on any atom is 0.412 e. The first kappa shape index (κ1) is 17.7. The maximum atomic E-state index is 12.9. The molecule has 0 spiro atoms. The molecule has 0 aliphatic rings. The number of hydrogen-bond donors (Lipinski definition) is 1. The van der Waals surface area contributed by atoms with E-state index in [0.717, 1.165) is 0 Å². The summed E-state index contributed by atoms with van der Waals surface area (Å²) < 4.78 is 31.2. The van der Waals surface area contributed by atoms with Crippen molar-refractivity contribution in [2.24, 2.45) is 0 Å². The lowest BCUT2D eigenvalue weighted by Gasteiger charge is -2.16. The van der Waals surface area contributed by atoms with Gasteiger partial charge in [0.25, 0.3) is 0 Å². The number of nitrogens with one attached hydrogen (secondary N) is 1. The molecular weight excluding hydrogens is 378 g/mol. The van der Waals surface area contributed by atoms with Gasteiger partial charge in [0.1, 0.15) is 15.2 Å². The van der Waals surface area contributed by atoms with Crippen LogP contribution < -0.4 is 10.1 Å². The van der Waals surface area contributed by atoms with E-state index in [4.69, 9.17) is 4.74 Å². The molecule has 2 heterocycles. The molecule has 1 atom stereocenters. The van der Waals surface area contributed by atoms with Gasteiger partial charge in [0.2, 0.25) is 0 Å². The zero-order valence-corrected chi connectivity index (χ0v) is 15.4. The second-order valence-corrected chi connectivity index (χ2v) is 9.35. The van der Waals surface area contributed by atoms with Crippen LogP contribution in [0.4, 0.5) is 4.79 Å². The van der Waals surface area contributed by atoms with Crippen LogP contribution in [0.1, 0.15) is 10.1 Å². The van der Waals surface area contributed by atoms with Gasteiger partial charge in [-0.05, 0) is 35.0 Å². The fourth-order valence-corrected chi connectivity index (χ4v) is 6.20. The molecule has 0 aliphatic heterocycles. The Morgan fingerprint density at radius 2 is 1.72 bits per heavy atom. The Morgan fingerprint density at radius 1 is 1.00 bits per heavy atom. The van der Waals surface area contributed by atoms with Crippen molar-refractivity contribution in [1.82, 2.24) is 5.32 Å². The molecule has 0 bridgehead atoms. The van der Waals surface area contributed by atoms with Crippen LogP contribution in [-0.4, -0.2) is 21.1 Å². The molecule has 2 aromatic heterocycles. The van der Waals surface area contributed by atoms with Crippen molar-refractivity contribution in [3.8, 4) is 5.75 Å². The van der Waals surface area contributed by atoms with Crippen LogP contribution >= 0.6 is 22.7 Å². The Hall–Kier alpha value is -2.16. The number of hydrogen-bond acceptors (Lipinski definition) is 6. The standard InChI is InChI=1S/C17H15NO4S3/c19-17(22-13-6-2-1-3-7-13)18-12-15(14-8-4-10-23-14)25(20,21)16-9-5-11-24-16/h1-11,15H,12H2,(H,18,19)/t15-/m1/s1. The second-order valence-electron chi connectivity index (χ2n) is 5.06. The first-order valence-corrected chi connectivity index (χ1v) is 10.7. The lowest BCUT2D eigenvalue weighted by molar-refractivity contribution is 0.200. The average molecular weight is 394 g/mol. The minimum atomic E-state index is -3.59. The predicted molar refractivity (Wildman–Crippen MR) is 99.0 cm³/mol. The second kappa shape index (κ2) is 7.81. The fourth-order valence-electron chi connectivity index (χ4n) is 2.21. The molecule has 25 heavy (non-hydrogen) atoms. The first-order chi connectivity index (χ1) is 12.1. The van der Waals surface area contributed by atoms with Gasteiger partial charge in [-0.2, -0.15) is 0 Å². The van der Waals surface area contributed by atoms with Gasteiger partial charge in [0, 0.05) is 11.4 Å². The summed E-state index contributed by atoms with van der Waals surface area (Å²) in [6, 6.07) is 15.4. The molecule has 1 N–H and O–H groups in total. The highest BCUT2D eigenvalue weighted by Crippen LogP contribution is 2.33. The van der Waals surface area contributed by atoms with E-state index in [-0.39, 0.29) is 10.8 Å². The highest BCUT2D eigenvalue weighted by atomic mass is 32.2. The number of sulfone groups is 1. The summed E-state index contributed by atoms with van der Waals surface area (Å²) >= 11 is 2.51. The molecule has 0 saturated heterocycles. The molecule has 130 valence electrons. The molecule has 3 rings (SSSR count). The molecule has 0 fully saturated rings. The third kappa shape index (κ3) is 4.28. The van der Waals surface area contributed by atoms with Crippen LogP contribution in [0.3, 0.4) is 0 Å². The average Bonchev–Trinajstić information content (AvgIpc) is 3.30. The van der Waals surface area contributed by atoms with E-state index in [1.54, 1.807) is 53.9 Å². The van der Waals surface area contributed by atoms with Crippen molar-refractivity contribution < 1.29 is 17.9 Å². The Morgan fingerprint density at radius 3 is 2.36 bits per heavy atom. The number of para-hydroxylation sites is 1. The minimum Gasteiger partial charge on any atom is -0.410 e. The Balaban J connectivity index is 1.74. The zero-order valence-electron chi connectivity index (χ0n) is 13.0. The largest absolute Gasteiger partial charge is 0.412 e. The maximum absolute atomic E-state index is 12.9. The van der Waals surface area contributed by atoms with E-state index < -0.39 is 21.2 Å². The van der Waals surface area contributed by atoms with Crippen molar-refractivity contribution in [2.75, 3.05) is 6.54 Å². The smallest absolute Gasteiger partial charge is 0.410 e. The van der Waals surface area contributed by atoms with Crippen LogP contribution in [0.15, 0.2) is 69.6 Å². The highest BCUT2D eigenvalue weighted by Gasteiger charge is 2.31. The minimum absolute atomic E-state index is 0.0631. The van der Waals surface area contributed by atoms with Gasteiger partial charge >= 0.3 is 6.09 Å². The van der Waals surface area contributed by atoms with Gasteiger partial charge < -0.3 is 10.1 Å². The molecule has 5 nitrogen and oxygen atoms in total. The number of carbonyl (C=O) groups excluding carboxylic acids is 1. The fraction of sp³-hybridized carbons (Fsp3) is 0.118. The van der Waals surface area contributed by atoms with Crippen molar-refractivity contribution >= 4 is 38.6 Å². The van der Waals surface area contributed by atoms with Crippen molar-refractivity contribution in [2.45, 2.75) is 9.46 Å². The van der Waals surface area contributed by atoms with Gasteiger partial charge in [0.15, 0.2) is 9.84 Å². The van der Waals surface area contributed by atoms with E-state index in [0.29, 0.717) is 10.6 Å². The van der Waals surface area contributed by atoms with E-state index in [1.807, 2.05) is 11.4 Å². The van der Waals surface area contributed by atoms with Crippen molar-refractivity contribution in [3.63, 3.8) is 0 Å². The van der Waals surface area contributed by atoms with Gasteiger partial charge in [-0.15, -0.1) is 22.7 Å². The monoisotopic (exact) mass is 393 g/mol. The normalized spacial score (nSPS) is 12.5. The SMILES string of the molecule is O=C(NC[C@H](c1cccs1)S(=O)(=O)c1cccs1)Oc1ccccc1. The van der Waals surface area contributed by atoms with E-state index in [1.165, 1.54) is 22.7 Å². The molecule has 0 radical (unpaired) electrons. The summed E-state index contributed by atoms with van der Waals surface area (Å²) in [5, 5.41) is 5.24. The third-order valence-corrected chi connectivity index (χ3v) is 8.05. The highest BCUT2D eigenvalue weighted by molar-refractivity contribution is 7.93. The molecule has 1 amide bonds. The molecule has 0 unspecified atom stereocenters. The topological polar surface area (TPSA) is 72.5 Å². The van der Waals surface area contributed by atoms with Gasteiger partial charge in [-0.1, -0.05) is 30.3 Å². The van der Waals surface area contributed by atoms with Crippen molar-refractivity contribution in [1.29, 1.82) is 0 Å². The lowest BCUT2D eigenvalue weighted by Crippen LogP contribution is -2.33. The molecule has 0 aliphatic carbocycles. The predicted octanol–water partition coefficient (Wildman–Crippen LogP) is 4.11. The quantitative estimate of drug-likeness (QED) is 0.684. The summed E-state index contributed by atoms with van der Waals surface area (Å²) in [5.41, 5.74) is 0. The van der Waals surface area contributed by atoms with E-state index in [2.05, 4.69) is 5.32 Å². The zero-order chi connectivity index (χ0) is 17.7. The third-order valence-electron chi connectivity index (χ3n) is 3.40. The van der Waals surface area contributed by atoms with Gasteiger partial charge in [-0.3, -0.25) is 0 Å². The summed E-state index contributed by atoms with van der Waals surface area (Å²) in [6.07, 6.45) is -0.686. The summed E-state index contributed by atoms with van der Waals surface area (Å²) in [5.74, 6) is 0.397. The van der Waals surface area contributed by atoms with Crippen LogP contribution in [-0.2, 0) is 9.84 Å². The van der Waals surface area contributed by atoms with Crippen molar-refractivity contribution in [3.05, 3.63) is 70.2 Å². The van der Waals surface area contributed by atoms with Gasteiger partial charge in [0.05, 0.1) is 0 Å². The Kier molecular flexibility index (Phi) is 5.52. The van der Waals surface area contributed by atoms with Gasteiger partial charge in [-0.25, -0.2) is 13.2 Å². The Bertz CT molecular complexity index is 904. The van der Waals surface area contributed by atoms with E-state index in [9.17, 15) is 13.2 Å². The lowest BCUT2D eigenvalue weighted by atomic mass is 10.3. The molecule has 8 heteroatoms. The summed E-state index contributed by atoms with van der Waals surface area (Å²) in [7, 11) is -3.59. The molecule has 3 aromatic rings. The van der Waals surface area contributed by atoms with Crippen LogP contribution in [0, 0.1) is 0 Å². The van der Waals surface area contributed by atoms with Crippen LogP contribution in [0.5, 0.6) is 5.75 Å².